The van der Waals surface area contributed by atoms with Crippen molar-refractivity contribution in [1.29, 1.82) is 0 Å². The highest BCUT2D eigenvalue weighted by Crippen LogP contribution is 2.45. The molecular formula is C26H32O7. The molecule has 1 saturated carbocycles. The summed E-state index contributed by atoms with van der Waals surface area (Å²) in [5, 5.41) is 40.3. The lowest BCUT2D eigenvalue weighted by Gasteiger charge is -2.45. The molecule has 2 aliphatic heterocycles. The van der Waals surface area contributed by atoms with Gasteiger partial charge >= 0.3 is 0 Å². The van der Waals surface area contributed by atoms with E-state index in [0.29, 0.717) is 17.7 Å². The first kappa shape index (κ1) is 22.6. The molecule has 1 saturated heterocycles. The minimum Gasteiger partial charge on any atom is -0.496 e. The zero-order chi connectivity index (χ0) is 23.2. The van der Waals surface area contributed by atoms with Crippen LogP contribution in [0.3, 0.4) is 0 Å². The monoisotopic (exact) mass is 456 g/mol. The number of aliphatic hydroxyl groups is 4. The van der Waals surface area contributed by atoms with Crippen molar-refractivity contribution in [2.24, 2.45) is 0 Å². The fourth-order valence-corrected chi connectivity index (χ4v) is 5.32. The van der Waals surface area contributed by atoms with Gasteiger partial charge in [0.25, 0.3) is 0 Å². The van der Waals surface area contributed by atoms with Crippen LogP contribution < -0.4 is 9.47 Å². The van der Waals surface area contributed by atoms with Crippen LogP contribution in [-0.2, 0) is 17.6 Å². The van der Waals surface area contributed by atoms with E-state index in [1.165, 1.54) is 12.0 Å². The van der Waals surface area contributed by atoms with Crippen molar-refractivity contribution in [3.63, 3.8) is 0 Å². The Morgan fingerprint density at radius 3 is 2.52 bits per heavy atom. The molecule has 7 nitrogen and oxygen atoms in total. The summed E-state index contributed by atoms with van der Waals surface area (Å²) in [6.07, 6.45) is 0.326. The van der Waals surface area contributed by atoms with Crippen molar-refractivity contribution >= 4 is 0 Å². The number of rotatable bonds is 5. The van der Waals surface area contributed by atoms with Gasteiger partial charge in [-0.25, -0.2) is 0 Å². The third-order valence-electron chi connectivity index (χ3n) is 7.49. The van der Waals surface area contributed by atoms with Crippen molar-refractivity contribution in [2.75, 3.05) is 13.7 Å². The zero-order valence-corrected chi connectivity index (χ0v) is 18.8. The predicted octanol–water partition coefficient (Wildman–Crippen LogP) is 2.05. The van der Waals surface area contributed by atoms with Gasteiger partial charge in [0.15, 0.2) is 0 Å². The summed E-state index contributed by atoms with van der Waals surface area (Å²) < 4.78 is 17.6. The minimum atomic E-state index is -1.41. The number of fused-ring (bicyclic) bond motifs is 1. The maximum Gasteiger partial charge on any atom is 0.123 e. The van der Waals surface area contributed by atoms with Gasteiger partial charge in [-0.15, -0.1) is 0 Å². The Balaban J connectivity index is 1.39. The molecule has 4 N–H and O–H groups in total. The summed E-state index contributed by atoms with van der Waals surface area (Å²) in [7, 11) is 1.62. The van der Waals surface area contributed by atoms with Crippen molar-refractivity contribution in [3.05, 3.63) is 58.7 Å². The van der Waals surface area contributed by atoms with Crippen LogP contribution in [0.1, 0.15) is 54.0 Å². The normalized spacial score (nSPS) is 30.3. The molecule has 0 bridgehead atoms. The minimum absolute atomic E-state index is 0.0669. The van der Waals surface area contributed by atoms with E-state index < -0.39 is 37.1 Å². The Bertz CT molecular complexity index is 1000. The van der Waals surface area contributed by atoms with E-state index in [1.54, 1.807) is 13.2 Å². The van der Waals surface area contributed by atoms with Crippen LogP contribution in [0, 0.1) is 0 Å². The van der Waals surface area contributed by atoms with Gasteiger partial charge in [-0.2, -0.15) is 0 Å². The Kier molecular flexibility index (Phi) is 6.09. The van der Waals surface area contributed by atoms with E-state index in [-0.39, 0.29) is 5.60 Å². The van der Waals surface area contributed by atoms with Crippen molar-refractivity contribution < 1.29 is 34.6 Å². The van der Waals surface area contributed by atoms with Crippen LogP contribution in [0.2, 0.25) is 0 Å². The van der Waals surface area contributed by atoms with Gasteiger partial charge in [-0.3, -0.25) is 0 Å². The molecule has 178 valence electrons. The molecule has 5 rings (SSSR count). The molecular weight excluding hydrogens is 424 g/mol. The standard InChI is InChI=1S/C26H32O7/c1-31-19-6-4-17(25-24(30)23(29)22(28)21(14-27)32-25)13-18(19)12-15-3-5-20-16(11-15)7-10-26(33-20)8-2-9-26/h3-6,11,13,21-25,27-30H,2,7-10,12,14H2,1H3/t21-,22-,23?,24-,25+/m1/s1. The van der Waals surface area contributed by atoms with E-state index in [0.717, 1.165) is 42.6 Å². The van der Waals surface area contributed by atoms with Gasteiger partial charge in [-0.1, -0.05) is 18.2 Å². The van der Waals surface area contributed by atoms with E-state index in [4.69, 9.17) is 14.2 Å². The third-order valence-corrected chi connectivity index (χ3v) is 7.49. The molecule has 2 aromatic carbocycles. The molecule has 1 spiro atoms. The van der Waals surface area contributed by atoms with Crippen molar-refractivity contribution in [1.82, 2.24) is 0 Å². The number of aryl methyl sites for hydroxylation is 1. The van der Waals surface area contributed by atoms with Crippen LogP contribution in [0.5, 0.6) is 11.5 Å². The SMILES string of the molecule is COc1ccc([C@@H]2O[C@H](CO)[C@@H](O)C(O)[C@H]2O)cc1Cc1ccc2c(c1)CCC1(CCC1)O2. The van der Waals surface area contributed by atoms with Crippen LogP contribution in [0.25, 0.3) is 0 Å². The maximum absolute atomic E-state index is 10.5. The van der Waals surface area contributed by atoms with Crippen LogP contribution in [-0.4, -0.2) is 64.2 Å². The van der Waals surface area contributed by atoms with Gasteiger partial charge in [0.2, 0.25) is 0 Å². The third kappa shape index (κ3) is 4.13. The fraction of sp³-hybridized carbons (Fsp3) is 0.538. The maximum atomic E-state index is 10.5. The Morgan fingerprint density at radius 1 is 1.00 bits per heavy atom. The van der Waals surface area contributed by atoms with Gasteiger partial charge in [0, 0.05) is 6.42 Å². The number of hydrogen-bond acceptors (Lipinski definition) is 7. The lowest BCUT2D eigenvalue weighted by atomic mass is 9.74. The summed E-state index contributed by atoms with van der Waals surface area (Å²) in [5.74, 6) is 1.71. The highest BCUT2D eigenvalue weighted by Gasteiger charge is 2.44. The summed E-state index contributed by atoms with van der Waals surface area (Å²) in [6, 6.07) is 11.8. The topological polar surface area (TPSA) is 109 Å². The Labute approximate surface area is 193 Å². The number of aliphatic hydroxyl groups excluding tert-OH is 4. The van der Waals surface area contributed by atoms with Crippen molar-refractivity contribution in [2.45, 2.75) is 74.6 Å². The Morgan fingerprint density at radius 2 is 1.82 bits per heavy atom. The molecule has 3 aliphatic rings. The number of methoxy groups -OCH3 is 1. The molecule has 0 amide bonds. The molecule has 2 aromatic rings. The molecule has 7 heteroatoms. The summed E-state index contributed by atoms with van der Waals surface area (Å²) in [6.45, 7) is -0.455. The largest absolute Gasteiger partial charge is 0.496 e. The molecule has 5 atom stereocenters. The Hall–Kier alpha value is -2.16. The lowest BCUT2D eigenvalue weighted by molar-refractivity contribution is -0.231. The average molecular weight is 457 g/mol. The summed E-state index contributed by atoms with van der Waals surface area (Å²) >= 11 is 0. The second-order valence-corrected chi connectivity index (χ2v) is 9.58. The first-order valence-corrected chi connectivity index (χ1v) is 11.7. The zero-order valence-electron chi connectivity index (χ0n) is 18.8. The summed E-state index contributed by atoms with van der Waals surface area (Å²) in [5.41, 5.74) is 3.99. The molecule has 33 heavy (non-hydrogen) atoms. The molecule has 2 fully saturated rings. The first-order valence-electron chi connectivity index (χ1n) is 11.7. The molecule has 2 heterocycles. The quantitative estimate of drug-likeness (QED) is 0.545. The number of ether oxygens (including phenoxy) is 3. The second kappa shape index (κ2) is 8.89. The lowest BCUT2D eigenvalue weighted by Crippen LogP contribution is -2.55. The average Bonchev–Trinajstić information content (AvgIpc) is 2.81. The molecule has 0 aromatic heterocycles. The molecule has 1 unspecified atom stereocenters. The van der Waals surface area contributed by atoms with Gasteiger partial charge in [0.05, 0.1) is 13.7 Å². The van der Waals surface area contributed by atoms with Gasteiger partial charge in [0.1, 0.15) is 47.6 Å². The molecule has 0 radical (unpaired) electrons. The van der Waals surface area contributed by atoms with E-state index in [1.807, 2.05) is 12.1 Å². The van der Waals surface area contributed by atoms with Crippen LogP contribution >= 0.6 is 0 Å². The highest BCUT2D eigenvalue weighted by atomic mass is 16.5. The first-order chi connectivity index (χ1) is 15.9. The smallest absolute Gasteiger partial charge is 0.123 e. The summed E-state index contributed by atoms with van der Waals surface area (Å²) in [4.78, 5) is 0. The van der Waals surface area contributed by atoms with Gasteiger partial charge < -0.3 is 34.6 Å². The number of hydrogen-bond donors (Lipinski definition) is 4. The van der Waals surface area contributed by atoms with Crippen molar-refractivity contribution in [3.8, 4) is 11.5 Å². The van der Waals surface area contributed by atoms with Gasteiger partial charge in [-0.05, 0) is 72.6 Å². The highest BCUT2D eigenvalue weighted by molar-refractivity contribution is 5.45. The van der Waals surface area contributed by atoms with E-state index in [2.05, 4.69) is 18.2 Å². The van der Waals surface area contributed by atoms with E-state index >= 15 is 0 Å². The second-order valence-electron chi connectivity index (χ2n) is 9.58. The van der Waals surface area contributed by atoms with Crippen LogP contribution in [0.4, 0.5) is 0 Å². The van der Waals surface area contributed by atoms with E-state index in [9.17, 15) is 20.4 Å². The fourth-order valence-electron chi connectivity index (χ4n) is 5.32. The van der Waals surface area contributed by atoms with Crippen LogP contribution in [0.15, 0.2) is 36.4 Å². The predicted molar refractivity (Wildman–Crippen MR) is 120 cm³/mol. The molecule has 1 aliphatic carbocycles. The number of benzene rings is 2.